The van der Waals surface area contributed by atoms with Gasteiger partial charge in [0, 0.05) is 0 Å². The molecule has 0 radical (unpaired) electrons. The van der Waals surface area contributed by atoms with Crippen LogP contribution in [0, 0.1) is 10.1 Å². The fraction of sp³-hybridized carbons (Fsp3) is 0.333. The van der Waals surface area contributed by atoms with Crippen molar-refractivity contribution in [1.29, 1.82) is 0 Å². The summed E-state index contributed by atoms with van der Waals surface area (Å²) in [5.74, 6) is -0.373. The number of hydrogen-bond donors (Lipinski definition) is 1. The van der Waals surface area contributed by atoms with Crippen molar-refractivity contribution in [2.24, 2.45) is 0 Å². The number of furan rings is 1. The van der Waals surface area contributed by atoms with Crippen LogP contribution in [0.2, 0.25) is 0 Å². The Morgan fingerprint density at radius 3 is 2.79 bits per heavy atom. The molecule has 1 amide bonds. The summed E-state index contributed by atoms with van der Waals surface area (Å²) in [4.78, 5) is 30.5. The van der Waals surface area contributed by atoms with Gasteiger partial charge in [0.1, 0.15) is 16.2 Å². The van der Waals surface area contributed by atoms with Crippen molar-refractivity contribution in [3.63, 3.8) is 0 Å². The predicted molar refractivity (Wildman–Crippen MR) is 106 cm³/mol. The summed E-state index contributed by atoms with van der Waals surface area (Å²) in [7, 11) is 3.96. The molecule has 0 aliphatic rings. The zero-order valence-electron chi connectivity index (χ0n) is 15.8. The van der Waals surface area contributed by atoms with Crippen LogP contribution in [0.3, 0.4) is 0 Å². The van der Waals surface area contributed by atoms with Gasteiger partial charge >= 0.3 is 5.88 Å². The largest absolute Gasteiger partial charge is 0.492 e. The highest BCUT2D eigenvalue weighted by atomic mass is 32.1. The first-order valence-corrected chi connectivity index (χ1v) is 9.59. The molecule has 0 saturated heterocycles. The summed E-state index contributed by atoms with van der Waals surface area (Å²) in [6.45, 7) is 3.46. The van der Waals surface area contributed by atoms with E-state index in [-0.39, 0.29) is 5.76 Å². The van der Waals surface area contributed by atoms with Crippen LogP contribution in [0.15, 0.2) is 34.7 Å². The number of likely N-dealkylation sites (N-methyl/N-ethyl adjacent to an activating group) is 1. The second-order valence-electron chi connectivity index (χ2n) is 6.34. The number of hydrogen-bond acceptors (Lipinski definition) is 7. The Kier molecular flexibility index (Phi) is 5.90. The van der Waals surface area contributed by atoms with E-state index in [4.69, 9.17) is 9.15 Å². The highest BCUT2D eigenvalue weighted by molar-refractivity contribution is 7.22. The van der Waals surface area contributed by atoms with Crippen molar-refractivity contribution >= 4 is 38.5 Å². The summed E-state index contributed by atoms with van der Waals surface area (Å²) in [6.07, 6.45) is 0. The second-order valence-corrected chi connectivity index (χ2v) is 7.35. The van der Waals surface area contributed by atoms with Crippen LogP contribution < -0.4 is 14.5 Å². The average Bonchev–Trinajstić information content (AvgIpc) is 3.29. The lowest BCUT2D eigenvalue weighted by atomic mass is 10.3. The fourth-order valence-electron chi connectivity index (χ4n) is 2.59. The number of carbonyl (C=O) groups excluding carboxylic acids is 1. The highest BCUT2D eigenvalue weighted by Gasteiger charge is 2.27. The van der Waals surface area contributed by atoms with Crippen molar-refractivity contribution in [2.75, 3.05) is 38.7 Å². The molecular weight excluding hydrogens is 384 g/mol. The van der Waals surface area contributed by atoms with Crippen LogP contribution in [0.1, 0.15) is 17.5 Å². The van der Waals surface area contributed by atoms with E-state index in [0.29, 0.717) is 36.1 Å². The molecule has 2 aromatic heterocycles. The van der Waals surface area contributed by atoms with E-state index in [1.54, 1.807) is 0 Å². The molecule has 9 nitrogen and oxygen atoms in total. The van der Waals surface area contributed by atoms with Crippen molar-refractivity contribution in [3.05, 3.63) is 46.2 Å². The molecule has 0 unspecified atom stereocenters. The van der Waals surface area contributed by atoms with Gasteiger partial charge in [0.25, 0.3) is 5.91 Å². The third-order valence-corrected chi connectivity index (χ3v) is 5.01. The smallest absolute Gasteiger partial charge is 0.433 e. The number of para-hydroxylation sites is 1. The second kappa shape index (κ2) is 8.36. The minimum absolute atomic E-state index is 0.0928. The number of rotatable bonds is 8. The molecule has 0 aliphatic heterocycles. The van der Waals surface area contributed by atoms with Gasteiger partial charge < -0.3 is 14.1 Å². The van der Waals surface area contributed by atoms with Crippen LogP contribution in [-0.2, 0) is 0 Å². The third-order valence-electron chi connectivity index (χ3n) is 3.96. The van der Waals surface area contributed by atoms with Gasteiger partial charge in [-0.1, -0.05) is 17.4 Å². The quantitative estimate of drug-likeness (QED) is 0.454. The normalized spacial score (nSPS) is 11.1. The molecule has 1 N–H and O–H groups in total. The number of aromatic nitrogens is 1. The molecule has 2 heterocycles. The van der Waals surface area contributed by atoms with Gasteiger partial charge in [-0.2, -0.15) is 0 Å². The van der Waals surface area contributed by atoms with Crippen molar-refractivity contribution < 1.29 is 23.8 Å². The molecule has 10 heteroatoms. The molecule has 1 aromatic carbocycles. The first-order chi connectivity index (χ1) is 13.4. The summed E-state index contributed by atoms with van der Waals surface area (Å²) < 4.78 is 11.6. The average molecular weight is 405 g/mol. The van der Waals surface area contributed by atoms with Crippen molar-refractivity contribution in [1.82, 2.24) is 4.98 Å². The number of thiazole rings is 1. The molecule has 0 atom stereocenters. The van der Waals surface area contributed by atoms with E-state index in [1.165, 1.54) is 28.4 Å². The number of carbonyl (C=O) groups is 1. The van der Waals surface area contributed by atoms with Gasteiger partial charge in [0.15, 0.2) is 10.9 Å². The Hall–Kier alpha value is -2.98. The van der Waals surface area contributed by atoms with Crippen molar-refractivity contribution in [2.45, 2.75) is 6.92 Å². The summed E-state index contributed by atoms with van der Waals surface area (Å²) in [5.41, 5.74) is 0.685. The maximum absolute atomic E-state index is 13.0. The number of quaternary nitrogens is 1. The van der Waals surface area contributed by atoms with Crippen molar-refractivity contribution in [3.8, 4) is 5.75 Å². The maximum Gasteiger partial charge on any atom is 0.433 e. The highest BCUT2D eigenvalue weighted by Crippen LogP contribution is 2.35. The first kappa shape index (κ1) is 19.8. The summed E-state index contributed by atoms with van der Waals surface area (Å²) in [6, 6.07) is 8.11. The van der Waals surface area contributed by atoms with Gasteiger partial charge in [-0.25, -0.2) is 4.98 Å². The lowest BCUT2D eigenvalue weighted by Gasteiger charge is -2.19. The van der Waals surface area contributed by atoms with E-state index in [1.807, 2.05) is 39.2 Å². The lowest BCUT2D eigenvalue weighted by Crippen LogP contribution is -3.06. The van der Waals surface area contributed by atoms with E-state index >= 15 is 0 Å². The molecule has 3 aromatic rings. The summed E-state index contributed by atoms with van der Waals surface area (Å²) in [5, 5.41) is 11.4. The van der Waals surface area contributed by atoms with Crippen LogP contribution in [0.5, 0.6) is 5.75 Å². The fourth-order valence-corrected chi connectivity index (χ4v) is 3.60. The van der Waals surface area contributed by atoms with E-state index in [9.17, 15) is 14.9 Å². The van der Waals surface area contributed by atoms with E-state index < -0.39 is 16.7 Å². The molecule has 0 bridgehead atoms. The molecule has 0 saturated carbocycles. The topological polar surface area (TPSA) is 103 Å². The molecule has 148 valence electrons. The monoisotopic (exact) mass is 405 g/mol. The predicted octanol–water partition coefficient (Wildman–Crippen LogP) is 1.99. The zero-order valence-corrected chi connectivity index (χ0v) is 16.6. The van der Waals surface area contributed by atoms with E-state index in [0.717, 1.165) is 9.60 Å². The van der Waals surface area contributed by atoms with Gasteiger partial charge in [-0.15, -0.1) is 0 Å². The number of nitro groups is 1. The maximum atomic E-state index is 13.0. The van der Waals surface area contributed by atoms with Gasteiger partial charge in [0.05, 0.1) is 44.6 Å². The molecule has 0 aliphatic carbocycles. The van der Waals surface area contributed by atoms with Crippen LogP contribution in [-0.4, -0.2) is 49.6 Å². The minimum atomic E-state index is -0.670. The van der Waals surface area contributed by atoms with Crippen LogP contribution in [0.25, 0.3) is 10.2 Å². The number of benzene rings is 1. The van der Waals surface area contributed by atoms with Gasteiger partial charge in [-0.3, -0.25) is 19.8 Å². The van der Waals surface area contributed by atoms with Gasteiger partial charge in [0.2, 0.25) is 0 Å². The summed E-state index contributed by atoms with van der Waals surface area (Å²) >= 11 is 1.36. The van der Waals surface area contributed by atoms with Gasteiger partial charge in [-0.05, 0) is 25.1 Å². The van der Waals surface area contributed by atoms with Crippen LogP contribution in [0.4, 0.5) is 11.0 Å². The lowest BCUT2D eigenvalue weighted by molar-refractivity contribution is -0.856. The Morgan fingerprint density at radius 1 is 1.36 bits per heavy atom. The standard InChI is InChI=1S/C18H20N4O5S/c1-4-26-12-6-5-7-14-16(12)19-18(28-14)21(11-10-20(2)3)17(23)13-8-9-15(27-13)22(24)25/h5-9H,4,10-11H2,1-3H3/p+1. The molecule has 28 heavy (non-hydrogen) atoms. The van der Waals surface area contributed by atoms with E-state index in [2.05, 4.69) is 4.98 Å². The molecule has 0 spiro atoms. The number of nitrogens with zero attached hydrogens (tertiary/aromatic N) is 3. The first-order valence-electron chi connectivity index (χ1n) is 8.78. The number of amides is 1. The molecule has 3 rings (SSSR count). The third kappa shape index (κ3) is 4.12. The van der Waals surface area contributed by atoms with Crippen LogP contribution >= 0.6 is 11.3 Å². The number of nitrogens with one attached hydrogen (secondary N) is 1. The molecular formula is C18H21N4O5S+. The Bertz CT molecular complexity index is 997. The number of fused-ring (bicyclic) bond motifs is 1. The zero-order chi connectivity index (χ0) is 20.3. The molecule has 0 fully saturated rings. The SMILES string of the molecule is CCOc1cccc2sc(N(CC[NH+](C)C)C(=O)c3ccc([N+](=O)[O-])o3)nc12. The Balaban J connectivity index is 1.99. The number of anilines is 1. The Labute approximate surface area is 165 Å². The minimum Gasteiger partial charge on any atom is -0.492 e. The number of ether oxygens (including phenoxy) is 1. The Morgan fingerprint density at radius 2 is 2.14 bits per heavy atom.